The zero-order chi connectivity index (χ0) is 22.2. The van der Waals surface area contributed by atoms with Gasteiger partial charge in [-0.05, 0) is 60.2 Å². The summed E-state index contributed by atoms with van der Waals surface area (Å²) < 4.78 is 2.55. The topological polar surface area (TPSA) is 3.24 Å². The second kappa shape index (κ2) is 8.40. The Balaban J connectivity index is 1.51. The first kappa shape index (κ1) is 20.0. The van der Waals surface area contributed by atoms with Crippen LogP contribution in [0.15, 0.2) is 121 Å². The number of benzene rings is 5. The molecule has 0 aliphatic rings. The van der Waals surface area contributed by atoms with E-state index in [-0.39, 0.29) is 0 Å². The molecule has 0 saturated carbocycles. The molecule has 0 saturated heterocycles. The average molecular weight is 462 g/mol. The van der Waals surface area contributed by atoms with Gasteiger partial charge in [0.2, 0.25) is 0 Å². The number of rotatable bonds is 4. The Hall–Kier alpha value is -3.59. The molecule has 158 valence electrons. The molecule has 6 aromatic rings. The van der Waals surface area contributed by atoms with Crippen molar-refractivity contribution in [3.8, 4) is 11.1 Å². The minimum absolute atomic E-state index is 0.779. The van der Waals surface area contributed by atoms with Gasteiger partial charge in [0.05, 0.1) is 0 Å². The third-order valence-electron chi connectivity index (χ3n) is 5.93. The third kappa shape index (κ3) is 3.68. The molecule has 33 heavy (non-hydrogen) atoms. The van der Waals surface area contributed by atoms with Gasteiger partial charge in [-0.2, -0.15) is 0 Å². The summed E-state index contributed by atoms with van der Waals surface area (Å²) in [7, 11) is 0. The van der Waals surface area contributed by atoms with Crippen LogP contribution in [0.3, 0.4) is 0 Å². The predicted molar refractivity (Wildman–Crippen MR) is 144 cm³/mol. The Bertz CT molecular complexity index is 1530. The number of anilines is 3. The second-order valence-electron chi connectivity index (χ2n) is 7.98. The molecular formula is C30H20ClNS. The maximum Gasteiger partial charge on any atom is 0.0484 e. The molecule has 0 unspecified atom stereocenters. The molecule has 5 aromatic carbocycles. The fourth-order valence-electron chi connectivity index (χ4n) is 4.37. The third-order valence-corrected chi connectivity index (χ3v) is 7.39. The van der Waals surface area contributed by atoms with Crippen molar-refractivity contribution in [2.75, 3.05) is 4.90 Å². The maximum absolute atomic E-state index is 6.46. The van der Waals surface area contributed by atoms with Crippen LogP contribution in [0.1, 0.15) is 0 Å². The Morgan fingerprint density at radius 1 is 0.515 bits per heavy atom. The first-order valence-corrected chi connectivity index (χ1v) is 12.1. The van der Waals surface area contributed by atoms with Gasteiger partial charge in [0, 0.05) is 47.8 Å². The Kier molecular flexibility index (Phi) is 5.10. The molecule has 0 fully saturated rings. The lowest BCUT2D eigenvalue weighted by atomic mass is 10.0. The summed E-state index contributed by atoms with van der Waals surface area (Å²) >= 11 is 8.29. The van der Waals surface area contributed by atoms with Gasteiger partial charge in [-0.3, -0.25) is 0 Å². The largest absolute Gasteiger partial charge is 0.310 e. The minimum Gasteiger partial charge on any atom is -0.310 e. The SMILES string of the molecule is Clc1ccccc1-c1ccc2c(c1)sc1ccc(N(c3ccccc3)c3ccccc3)cc12. The summed E-state index contributed by atoms with van der Waals surface area (Å²) in [5.74, 6) is 0. The highest BCUT2D eigenvalue weighted by atomic mass is 35.5. The van der Waals surface area contributed by atoms with E-state index in [1.165, 1.54) is 20.2 Å². The van der Waals surface area contributed by atoms with Crippen LogP contribution >= 0.6 is 22.9 Å². The molecule has 0 atom stereocenters. The van der Waals surface area contributed by atoms with Crippen molar-refractivity contribution in [1.82, 2.24) is 0 Å². The van der Waals surface area contributed by atoms with Crippen LogP contribution in [-0.4, -0.2) is 0 Å². The lowest BCUT2D eigenvalue weighted by Crippen LogP contribution is -2.09. The number of fused-ring (bicyclic) bond motifs is 3. The van der Waals surface area contributed by atoms with Crippen molar-refractivity contribution < 1.29 is 0 Å². The van der Waals surface area contributed by atoms with Crippen molar-refractivity contribution in [2.45, 2.75) is 0 Å². The Labute approximate surface area is 202 Å². The van der Waals surface area contributed by atoms with Crippen molar-refractivity contribution in [3.63, 3.8) is 0 Å². The zero-order valence-electron chi connectivity index (χ0n) is 17.8. The fraction of sp³-hybridized carbons (Fsp3) is 0. The number of halogens is 1. The minimum atomic E-state index is 0.779. The van der Waals surface area contributed by atoms with E-state index in [4.69, 9.17) is 11.6 Å². The van der Waals surface area contributed by atoms with Crippen LogP contribution < -0.4 is 4.90 Å². The van der Waals surface area contributed by atoms with Crippen molar-refractivity contribution in [3.05, 3.63) is 126 Å². The highest BCUT2D eigenvalue weighted by Gasteiger charge is 2.15. The van der Waals surface area contributed by atoms with Gasteiger partial charge in [0.25, 0.3) is 0 Å². The molecule has 1 heterocycles. The molecule has 0 N–H and O–H groups in total. The monoisotopic (exact) mass is 461 g/mol. The quantitative estimate of drug-likeness (QED) is 0.252. The van der Waals surface area contributed by atoms with Gasteiger partial charge in [-0.25, -0.2) is 0 Å². The van der Waals surface area contributed by atoms with E-state index in [9.17, 15) is 0 Å². The lowest BCUT2D eigenvalue weighted by Gasteiger charge is -2.25. The summed E-state index contributed by atoms with van der Waals surface area (Å²) in [6.45, 7) is 0. The molecule has 1 aromatic heterocycles. The van der Waals surface area contributed by atoms with E-state index in [1.807, 2.05) is 29.5 Å². The van der Waals surface area contributed by atoms with Gasteiger partial charge in [-0.1, -0.05) is 78.3 Å². The van der Waals surface area contributed by atoms with Gasteiger partial charge in [0.1, 0.15) is 0 Å². The van der Waals surface area contributed by atoms with Gasteiger partial charge >= 0.3 is 0 Å². The van der Waals surface area contributed by atoms with Crippen LogP contribution in [0.25, 0.3) is 31.3 Å². The molecule has 0 spiro atoms. The highest BCUT2D eigenvalue weighted by molar-refractivity contribution is 7.25. The molecule has 0 aliphatic carbocycles. The number of thiophene rings is 1. The Morgan fingerprint density at radius 2 is 1.18 bits per heavy atom. The number of para-hydroxylation sites is 2. The number of nitrogens with zero attached hydrogens (tertiary/aromatic N) is 1. The smallest absolute Gasteiger partial charge is 0.0484 e. The van der Waals surface area contributed by atoms with Crippen LogP contribution in [0, 0.1) is 0 Å². The predicted octanol–water partition coefficient (Wildman–Crippen LogP) is 9.84. The number of hydrogen-bond donors (Lipinski definition) is 0. The first-order valence-electron chi connectivity index (χ1n) is 10.9. The molecule has 0 radical (unpaired) electrons. The normalized spacial score (nSPS) is 11.2. The molecule has 0 bridgehead atoms. The van der Waals surface area contributed by atoms with Gasteiger partial charge in [0.15, 0.2) is 0 Å². The van der Waals surface area contributed by atoms with Crippen LogP contribution in [0.2, 0.25) is 5.02 Å². The molecule has 0 aliphatic heterocycles. The fourth-order valence-corrected chi connectivity index (χ4v) is 5.74. The zero-order valence-corrected chi connectivity index (χ0v) is 19.4. The summed E-state index contributed by atoms with van der Waals surface area (Å²) in [5, 5.41) is 3.32. The van der Waals surface area contributed by atoms with E-state index < -0.39 is 0 Å². The second-order valence-corrected chi connectivity index (χ2v) is 9.47. The van der Waals surface area contributed by atoms with Crippen molar-refractivity contribution in [1.29, 1.82) is 0 Å². The molecular weight excluding hydrogens is 442 g/mol. The number of hydrogen-bond acceptors (Lipinski definition) is 2. The summed E-state index contributed by atoms with van der Waals surface area (Å²) in [4.78, 5) is 2.31. The van der Waals surface area contributed by atoms with Crippen molar-refractivity contribution >= 4 is 60.2 Å². The standard InChI is InChI=1S/C30H20ClNS/c31-28-14-8-7-13-25(28)21-15-17-26-27-20-24(16-18-29(27)33-30(26)19-21)32(22-9-3-1-4-10-22)23-11-5-2-6-12-23/h1-20H. The van der Waals surface area contributed by atoms with Gasteiger partial charge in [-0.15, -0.1) is 11.3 Å². The molecule has 3 heteroatoms. The van der Waals surface area contributed by atoms with Crippen LogP contribution in [0.5, 0.6) is 0 Å². The summed E-state index contributed by atoms with van der Waals surface area (Å²) in [6, 6.07) is 42.5. The van der Waals surface area contributed by atoms with E-state index in [0.29, 0.717) is 0 Å². The summed E-state index contributed by atoms with van der Waals surface area (Å²) in [5.41, 5.74) is 5.65. The van der Waals surface area contributed by atoms with E-state index in [0.717, 1.165) is 33.2 Å². The molecule has 0 amide bonds. The van der Waals surface area contributed by atoms with E-state index in [1.54, 1.807) is 0 Å². The van der Waals surface area contributed by atoms with Crippen LogP contribution in [-0.2, 0) is 0 Å². The summed E-state index contributed by atoms with van der Waals surface area (Å²) in [6.07, 6.45) is 0. The average Bonchev–Trinajstić information content (AvgIpc) is 3.23. The van der Waals surface area contributed by atoms with Crippen LogP contribution in [0.4, 0.5) is 17.1 Å². The Morgan fingerprint density at radius 3 is 1.88 bits per heavy atom. The first-order chi connectivity index (χ1) is 16.3. The maximum atomic E-state index is 6.46. The molecule has 1 nitrogen and oxygen atoms in total. The van der Waals surface area contributed by atoms with Gasteiger partial charge < -0.3 is 4.90 Å². The molecule has 6 rings (SSSR count). The van der Waals surface area contributed by atoms with E-state index >= 15 is 0 Å². The highest BCUT2D eigenvalue weighted by Crippen LogP contribution is 2.41. The van der Waals surface area contributed by atoms with Crippen molar-refractivity contribution in [2.24, 2.45) is 0 Å². The van der Waals surface area contributed by atoms with E-state index in [2.05, 4.69) is 108 Å². The lowest BCUT2D eigenvalue weighted by molar-refractivity contribution is 1.29.